The fourth-order valence-corrected chi connectivity index (χ4v) is 2.48. The normalized spacial score (nSPS) is 12.4. The van der Waals surface area contributed by atoms with Crippen LogP contribution in [0.3, 0.4) is 0 Å². The van der Waals surface area contributed by atoms with Gasteiger partial charge in [0.05, 0.1) is 0 Å². The van der Waals surface area contributed by atoms with Crippen molar-refractivity contribution in [3.63, 3.8) is 0 Å². The minimum atomic E-state index is -0.192. The zero-order chi connectivity index (χ0) is 13.0. The van der Waals surface area contributed by atoms with E-state index in [1.54, 1.807) is 12.1 Å². The molecule has 1 unspecified atom stereocenters. The maximum atomic E-state index is 13.0. The van der Waals surface area contributed by atoms with Gasteiger partial charge in [-0.1, -0.05) is 46.3 Å². The third kappa shape index (κ3) is 3.40. The molecular weight excluding hydrogens is 293 g/mol. The first-order chi connectivity index (χ1) is 8.66. The highest BCUT2D eigenvalue weighted by Gasteiger charge is 2.07. The van der Waals surface area contributed by atoms with Crippen molar-refractivity contribution in [3.05, 3.63) is 69.9 Å². The Bertz CT molecular complexity index is 527. The molecule has 94 valence electrons. The van der Waals surface area contributed by atoms with Crippen molar-refractivity contribution < 1.29 is 4.39 Å². The highest BCUT2D eigenvalue weighted by atomic mass is 79.9. The van der Waals surface area contributed by atoms with Crippen LogP contribution in [0.1, 0.15) is 24.1 Å². The van der Waals surface area contributed by atoms with Crippen molar-refractivity contribution in [2.45, 2.75) is 19.5 Å². The Kier molecular flexibility index (Phi) is 4.50. The second-order valence-corrected chi connectivity index (χ2v) is 5.11. The first kappa shape index (κ1) is 13.2. The number of rotatable bonds is 4. The first-order valence-corrected chi connectivity index (χ1v) is 6.68. The molecule has 0 radical (unpaired) electrons. The monoisotopic (exact) mass is 307 g/mol. The lowest BCUT2D eigenvalue weighted by atomic mass is 10.1. The maximum absolute atomic E-state index is 13.0. The van der Waals surface area contributed by atoms with Gasteiger partial charge >= 0.3 is 0 Å². The van der Waals surface area contributed by atoms with Gasteiger partial charge in [0.1, 0.15) is 5.82 Å². The van der Waals surface area contributed by atoms with Crippen LogP contribution in [-0.4, -0.2) is 0 Å². The minimum Gasteiger partial charge on any atom is -0.306 e. The predicted molar refractivity (Wildman–Crippen MR) is 75.8 cm³/mol. The van der Waals surface area contributed by atoms with Gasteiger partial charge in [-0.15, -0.1) is 0 Å². The summed E-state index contributed by atoms with van der Waals surface area (Å²) >= 11 is 3.53. The molecule has 0 fully saturated rings. The van der Waals surface area contributed by atoms with E-state index in [1.165, 1.54) is 11.6 Å². The third-order valence-corrected chi connectivity index (χ3v) is 3.60. The van der Waals surface area contributed by atoms with E-state index < -0.39 is 0 Å². The molecule has 0 amide bonds. The molecule has 2 aromatic carbocycles. The van der Waals surface area contributed by atoms with Crippen LogP contribution < -0.4 is 5.32 Å². The summed E-state index contributed by atoms with van der Waals surface area (Å²) in [5.41, 5.74) is 2.16. The van der Waals surface area contributed by atoms with Gasteiger partial charge in [-0.25, -0.2) is 4.39 Å². The van der Waals surface area contributed by atoms with Gasteiger partial charge in [-0.05, 0) is 36.2 Å². The standard InChI is InChI=1S/C15H15BrFN/c1-11(14-7-2-3-8-15(14)16)18-10-12-5-4-6-13(17)9-12/h2-9,11,18H,10H2,1H3. The molecule has 0 aliphatic carbocycles. The molecular formula is C15H15BrFN. The fourth-order valence-electron chi connectivity index (χ4n) is 1.85. The highest BCUT2D eigenvalue weighted by Crippen LogP contribution is 2.22. The Balaban J connectivity index is 2.00. The molecule has 2 rings (SSSR count). The second kappa shape index (κ2) is 6.12. The predicted octanol–water partition coefficient (Wildman–Crippen LogP) is 4.44. The zero-order valence-electron chi connectivity index (χ0n) is 10.2. The summed E-state index contributed by atoms with van der Waals surface area (Å²) in [6, 6.07) is 15.0. The van der Waals surface area contributed by atoms with Crippen molar-refractivity contribution in [1.82, 2.24) is 5.32 Å². The van der Waals surface area contributed by atoms with Gasteiger partial charge in [-0.2, -0.15) is 0 Å². The Hall–Kier alpha value is -1.19. The molecule has 1 atom stereocenters. The Morgan fingerprint density at radius 2 is 1.94 bits per heavy atom. The Morgan fingerprint density at radius 3 is 2.67 bits per heavy atom. The van der Waals surface area contributed by atoms with Crippen LogP contribution in [0.5, 0.6) is 0 Å². The van der Waals surface area contributed by atoms with Crippen LogP contribution in [0.4, 0.5) is 4.39 Å². The van der Waals surface area contributed by atoms with Crippen molar-refractivity contribution in [2.24, 2.45) is 0 Å². The first-order valence-electron chi connectivity index (χ1n) is 5.89. The smallest absolute Gasteiger partial charge is 0.123 e. The molecule has 0 aromatic heterocycles. The molecule has 1 N–H and O–H groups in total. The maximum Gasteiger partial charge on any atom is 0.123 e. The summed E-state index contributed by atoms with van der Waals surface area (Å²) in [7, 11) is 0. The molecule has 0 saturated carbocycles. The van der Waals surface area contributed by atoms with Crippen LogP contribution in [-0.2, 0) is 6.54 Å². The van der Waals surface area contributed by atoms with E-state index >= 15 is 0 Å². The van der Waals surface area contributed by atoms with Gasteiger partial charge in [0.15, 0.2) is 0 Å². The van der Waals surface area contributed by atoms with E-state index in [4.69, 9.17) is 0 Å². The summed E-state index contributed by atoms with van der Waals surface area (Å²) in [5, 5.41) is 3.39. The summed E-state index contributed by atoms with van der Waals surface area (Å²) in [5.74, 6) is -0.192. The molecule has 2 aromatic rings. The van der Waals surface area contributed by atoms with E-state index in [9.17, 15) is 4.39 Å². The average molecular weight is 308 g/mol. The summed E-state index contributed by atoms with van der Waals surface area (Å²) in [6.07, 6.45) is 0. The third-order valence-electron chi connectivity index (χ3n) is 2.87. The lowest BCUT2D eigenvalue weighted by molar-refractivity contribution is 0.567. The Morgan fingerprint density at radius 1 is 1.17 bits per heavy atom. The molecule has 3 heteroatoms. The van der Waals surface area contributed by atoms with Crippen LogP contribution >= 0.6 is 15.9 Å². The Labute approximate surface area is 115 Å². The van der Waals surface area contributed by atoms with Crippen LogP contribution in [0, 0.1) is 5.82 Å². The number of hydrogen-bond donors (Lipinski definition) is 1. The SMILES string of the molecule is CC(NCc1cccc(F)c1)c1ccccc1Br. The summed E-state index contributed by atoms with van der Waals surface area (Å²) in [4.78, 5) is 0. The van der Waals surface area contributed by atoms with Crippen LogP contribution in [0.2, 0.25) is 0 Å². The summed E-state index contributed by atoms with van der Waals surface area (Å²) in [6.45, 7) is 2.75. The number of nitrogens with one attached hydrogen (secondary N) is 1. The highest BCUT2D eigenvalue weighted by molar-refractivity contribution is 9.10. The second-order valence-electron chi connectivity index (χ2n) is 4.25. The van der Waals surface area contributed by atoms with Crippen LogP contribution in [0.25, 0.3) is 0 Å². The largest absolute Gasteiger partial charge is 0.306 e. The molecule has 0 spiro atoms. The number of halogens is 2. The molecule has 0 aliphatic rings. The van der Waals surface area contributed by atoms with Crippen molar-refractivity contribution >= 4 is 15.9 Å². The zero-order valence-corrected chi connectivity index (χ0v) is 11.7. The van der Waals surface area contributed by atoms with Gasteiger partial charge in [-0.3, -0.25) is 0 Å². The topological polar surface area (TPSA) is 12.0 Å². The lowest BCUT2D eigenvalue weighted by Crippen LogP contribution is -2.18. The molecule has 0 saturated heterocycles. The molecule has 0 aliphatic heterocycles. The molecule has 0 bridgehead atoms. The van der Waals surface area contributed by atoms with Crippen molar-refractivity contribution in [1.29, 1.82) is 0 Å². The molecule has 0 heterocycles. The minimum absolute atomic E-state index is 0.192. The van der Waals surface area contributed by atoms with Crippen molar-refractivity contribution in [3.8, 4) is 0 Å². The van der Waals surface area contributed by atoms with Gasteiger partial charge in [0, 0.05) is 17.1 Å². The van der Waals surface area contributed by atoms with E-state index in [0.29, 0.717) is 6.54 Å². The van der Waals surface area contributed by atoms with E-state index in [-0.39, 0.29) is 11.9 Å². The quantitative estimate of drug-likeness (QED) is 0.880. The molecule has 18 heavy (non-hydrogen) atoms. The number of hydrogen-bond acceptors (Lipinski definition) is 1. The van der Waals surface area contributed by atoms with Crippen LogP contribution in [0.15, 0.2) is 53.0 Å². The van der Waals surface area contributed by atoms with Gasteiger partial charge in [0.2, 0.25) is 0 Å². The molecule has 1 nitrogen and oxygen atoms in total. The van der Waals surface area contributed by atoms with E-state index in [1.807, 2.05) is 24.3 Å². The fraction of sp³-hybridized carbons (Fsp3) is 0.200. The number of benzene rings is 2. The summed E-state index contributed by atoms with van der Waals surface area (Å²) < 4.78 is 14.1. The average Bonchev–Trinajstić information content (AvgIpc) is 2.37. The lowest BCUT2D eigenvalue weighted by Gasteiger charge is -2.15. The van der Waals surface area contributed by atoms with Gasteiger partial charge in [0.25, 0.3) is 0 Å². The van der Waals surface area contributed by atoms with E-state index in [0.717, 1.165) is 10.0 Å². The van der Waals surface area contributed by atoms with E-state index in [2.05, 4.69) is 34.2 Å². The van der Waals surface area contributed by atoms with Gasteiger partial charge < -0.3 is 5.32 Å². The van der Waals surface area contributed by atoms with Crippen molar-refractivity contribution in [2.75, 3.05) is 0 Å².